The fourth-order valence-corrected chi connectivity index (χ4v) is 4.48. The zero-order valence-corrected chi connectivity index (χ0v) is 19.1. The molecule has 33 heavy (non-hydrogen) atoms. The molecule has 0 spiro atoms. The van der Waals surface area contributed by atoms with E-state index in [4.69, 9.17) is 12.2 Å². The third kappa shape index (κ3) is 5.18. The summed E-state index contributed by atoms with van der Waals surface area (Å²) in [6.45, 7) is 4.34. The Bertz CT molecular complexity index is 1080. The van der Waals surface area contributed by atoms with Gasteiger partial charge >= 0.3 is 0 Å². The number of anilines is 1. The van der Waals surface area contributed by atoms with E-state index < -0.39 is 23.3 Å². The van der Waals surface area contributed by atoms with E-state index in [0.29, 0.717) is 31.3 Å². The van der Waals surface area contributed by atoms with Crippen molar-refractivity contribution in [2.24, 2.45) is 0 Å². The molecule has 0 amide bonds. The van der Waals surface area contributed by atoms with Gasteiger partial charge in [-0.1, -0.05) is 24.3 Å². The van der Waals surface area contributed by atoms with Gasteiger partial charge in [-0.05, 0) is 37.3 Å². The molecule has 1 aliphatic heterocycles. The fourth-order valence-electron chi connectivity index (χ4n) is 4.18. The van der Waals surface area contributed by atoms with Crippen molar-refractivity contribution in [3.05, 3.63) is 78.4 Å². The van der Waals surface area contributed by atoms with E-state index in [0.717, 1.165) is 17.8 Å². The van der Waals surface area contributed by atoms with Gasteiger partial charge in [-0.2, -0.15) is 5.10 Å². The molecule has 3 aromatic rings. The number of halogens is 2. The minimum Gasteiger partial charge on any atom is -0.381 e. The van der Waals surface area contributed by atoms with E-state index in [2.05, 4.69) is 25.2 Å². The number of aliphatic hydroxyl groups is 1. The quantitative estimate of drug-likeness (QED) is 0.535. The maximum Gasteiger partial charge on any atom is 0.173 e. The summed E-state index contributed by atoms with van der Waals surface area (Å²) in [5.74, 6) is -1.49. The Hall–Kier alpha value is -2.95. The van der Waals surface area contributed by atoms with Gasteiger partial charge < -0.3 is 15.3 Å². The Labute approximate surface area is 196 Å². The van der Waals surface area contributed by atoms with Crippen LogP contribution in [0.4, 0.5) is 14.5 Å². The van der Waals surface area contributed by atoms with E-state index in [1.54, 1.807) is 0 Å². The van der Waals surface area contributed by atoms with Gasteiger partial charge in [0, 0.05) is 49.5 Å². The summed E-state index contributed by atoms with van der Waals surface area (Å²) in [4.78, 5) is 8.07. The van der Waals surface area contributed by atoms with Crippen LogP contribution in [-0.4, -0.2) is 67.0 Å². The van der Waals surface area contributed by atoms with Crippen LogP contribution in [0.25, 0.3) is 0 Å². The van der Waals surface area contributed by atoms with Gasteiger partial charge in [0.25, 0.3) is 0 Å². The number of nitrogens with zero attached hydrogens (tertiary/aromatic N) is 5. The van der Waals surface area contributed by atoms with Crippen LogP contribution in [0.3, 0.4) is 0 Å². The minimum atomic E-state index is -1.66. The van der Waals surface area contributed by atoms with Gasteiger partial charge in [-0.25, -0.2) is 18.4 Å². The second-order valence-electron chi connectivity index (χ2n) is 8.14. The molecule has 10 heteroatoms. The Balaban J connectivity index is 1.49. The Morgan fingerprint density at radius 3 is 2.52 bits per heavy atom. The monoisotopic (exact) mass is 472 g/mol. The summed E-state index contributed by atoms with van der Waals surface area (Å²) in [5.41, 5.74) is -0.709. The van der Waals surface area contributed by atoms with E-state index in [-0.39, 0.29) is 12.1 Å². The molecule has 4 rings (SSSR count). The van der Waals surface area contributed by atoms with Crippen molar-refractivity contribution < 1.29 is 13.9 Å². The summed E-state index contributed by atoms with van der Waals surface area (Å²) in [5, 5.41) is 19.7. The van der Waals surface area contributed by atoms with Gasteiger partial charge in [0.15, 0.2) is 5.11 Å². The maximum atomic E-state index is 14.8. The number of nitrogens with one attached hydrogen (secondary N) is 1. The SMILES string of the molecule is C[C@@H](N1CCN(C(=S)Nc2ccccc2)CC1)[C@](O)(Cn1cncn1)c1ccc(F)cc1F. The molecule has 7 nitrogen and oxygen atoms in total. The first kappa shape index (κ1) is 23.2. The summed E-state index contributed by atoms with van der Waals surface area (Å²) in [7, 11) is 0. The van der Waals surface area contributed by atoms with Gasteiger partial charge in [0.05, 0.1) is 6.54 Å². The highest BCUT2D eigenvalue weighted by atomic mass is 32.1. The van der Waals surface area contributed by atoms with Crippen molar-refractivity contribution in [2.75, 3.05) is 31.5 Å². The first-order valence-electron chi connectivity index (χ1n) is 10.7. The van der Waals surface area contributed by atoms with Crippen LogP contribution in [0.15, 0.2) is 61.2 Å². The lowest BCUT2D eigenvalue weighted by atomic mass is 9.85. The van der Waals surface area contributed by atoms with Crippen LogP contribution in [0.1, 0.15) is 12.5 Å². The second kappa shape index (κ2) is 9.90. The van der Waals surface area contributed by atoms with Gasteiger partial charge in [-0.3, -0.25) is 4.90 Å². The Morgan fingerprint density at radius 2 is 1.88 bits per heavy atom. The van der Waals surface area contributed by atoms with Crippen LogP contribution in [0, 0.1) is 11.6 Å². The van der Waals surface area contributed by atoms with Crippen molar-refractivity contribution >= 4 is 23.0 Å². The number of hydrogen-bond acceptors (Lipinski definition) is 5. The number of piperazine rings is 1. The lowest BCUT2D eigenvalue weighted by molar-refractivity contribution is -0.0704. The van der Waals surface area contributed by atoms with Crippen molar-refractivity contribution in [1.82, 2.24) is 24.6 Å². The standard InChI is InChI=1S/C23H26F2N6OS/c1-17(29-9-11-30(12-10-29)22(33)28-19-5-3-2-4-6-19)23(32,14-31-16-26-15-27-31)20-8-7-18(24)13-21(20)25/h2-8,13,15-17,32H,9-12,14H2,1H3,(H,28,33)/t17-,23-/m1/s1. The van der Waals surface area contributed by atoms with Gasteiger partial charge in [-0.15, -0.1) is 0 Å². The van der Waals surface area contributed by atoms with Gasteiger partial charge in [0.2, 0.25) is 0 Å². The number of benzene rings is 2. The second-order valence-corrected chi connectivity index (χ2v) is 8.52. The molecule has 2 N–H and O–H groups in total. The summed E-state index contributed by atoms with van der Waals surface area (Å²) in [6, 6.07) is 12.5. The molecule has 0 bridgehead atoms. The molecule has 2 heterocycles. The highest BCUT2D eigenvalue weighted by Gasteiger charge is 2.42. The van der Waals surface area contributed by atoms with E-state index in [1.807, 2.05) is 37.3 Å². The average Bonchev–Trinajstić information content (AvgIpc) is 3.32. The highest BCUT2D eigenvalue weighted by molar-refractivity contribution is 7.80. The molecule has 1 aromatic heterocycles. The number of hydrogen-bond donors (Lipinski definition) is 2. The molecular weight excluding hydrogens is 446 g/mol. The first-order chi connectivity index (χ1) is 15.9. The van der Waals surface area contributed by atoms with Gasteiger partial charge in [0.1, 0.15) is 29.9 Å². The zero-order valence-electron chi connectivity index (χ0n) is 18.2. The van der Waals surface area contributed by atoms with Crippen molar-refractivity contribution in [3.8, 4) is 0 Å². The molecule has 0 unspecified atom stereocenters. The Kier molecular flexibility index (Phi) is 6.96. The van der Waals surface area contributed by atoms with E-state index in [1.165, 1.54) is 23.4 Å². The molecular formula is C23H26F2N6OS. The minimum absolute atomic E-state index is 0.0229. The highest BCUT2D eigenvalue weighted by Crippen LogP contribution is 2.33. The molecule has 0 aliphatic carbocycles. The molecule has 2 aromatic carbocycles. The fraction of sp³-hybridized carbons (Fsp3) is 0.348. The molecule has 0 radical (unpaired) electrons. The number of rotatable bonds is 6. The zero-order chi connectivity index (χ0) is 23.4. The first-order valence-corrected chi connectivity index (χ1v) is 11.1. The Morgan fingerprint density at radius 1 is 1.15 bits per heavy atom. The third-order valence-corrected chi connectivity index (χ3v) is 6.49. The number of thiocarbonyl (C=S) groups is 1. The predicted molar refractivity (Wildman–Crippen MR) is 126 cm³/mol. The molecule has 0 saturated carbocycles. The molecule has 1 saturated heterocycles. The van der Waals surface area contributed by atoms with Crippen LogP contribution < -0.4 is 5.32 Å². The van der Waals surface area contributed by atoms with E-state index in [9.17, 15) is 13.9 Å². The largest absolute Gasteiger partial charge is 0.381 e. The maximum absolute atomic E-state index is 14.8. The molecule has 1 fully saturated rings. The third-order valence-electron chi connectivity index (χ3n) is 6.13. The van der Waals surface area contributed by atoms with E-state index >= 15 is 0 Å². The number of aromatic nitrogens is 3. The van der Waals surface area contributed by atoms with Crippen molar-refractivity contribution in [3.63, 3.8) is 0 Å². The number of para-hydroxylation sites is 1. The predicted octanol–water partition coefficient (Wildman–Crippen LogP) is 2.85. The lowest BCUT2D eigenvalue weighted by Crippen LogP contribution is -2.58. The van der Waals surface area contributed by atoms with Crippen molar-refractivity contribution in [1.29, 1.82) is 0 Å². The van der Waals surface area contributed by atoms with Crippen LogP contribution in [0.2, 0.25) is 0 Å². The average molecular weight is 473 g/mol. The summed E-state index contributed by atoms with van der Waals surface area (Å²) in [6.07, 6.45) is 2.82. The summed E-state index contributed by atoms with van der Waals surface area (Å²) >= 11 is 5.56. The molecule has 2 atom stereocenters. The smallest absolute Gasteiger partial charge is 0.173 e. The normalized spacial score (nSPS) is 17.4. The van der Waals surface area contributed by atoms with Crippen LogP contribution in [-0.2, 0) is 12.1 Å². The van der Waals surface area contributed by atoms with Crippen LogP contribution >= 0.6 is 12.2 Å². The molecule has 1 aliphatic rings. The topological polar surface area (TPSA) is 69.4 Å². The molecule has 174 valence electrons. The lowest BCUT2D eigenvalue weighted by Gasteiger charge is -2.45. The van der Waals surface area contributed by atoms with Crippen molar-refractivity contribution in [2.45, 2.75) is 25.1 Å². The summed E-state index contributed by atoms with van der Waals surface area (Å²) < 4.78 is 29.8. The van der Waals surface area contributed by atoms with Crippen LogP contribution in [0.5, 0.6) is 0 Å².